The summed E-state index contributed by atoms with van der Waals surface area (Å²) in [4.78, 5) is 9.02. The fourth-order valence-electron chi connectivity index (χ4n) is 3.67. The maximum Gasteiger partial charge on any atom is 0.253 e. The SMILES string of the molecule is c1ccc2cc(-c3ccnc4nc(-c5ccc6c(c5)OCCO6)nn34)ccc2c1. The number of benzene rings is 3. The smallest absolute Gasteiger partial charge is 0.253 e. The van der Waals surface area contributed by atoms with Gasteiger partial charge in [0.05, 0.1) is 5.69 Å². The van der Waals surface area contributed by atoms with Crippen molar-refractivity contribution in [2.45, 2.75) is 0 Å². The molecule has 3 heterocycles. The topological polar surface area (TPSA) is 61.5 Å². The Morgan fingerprint density at radius 2 is 1.59 bits per heavy atom. The molecule has 0 bridgehead atoms. The molecular formula is C23H16N4O2. The summed E-state index contributed by atoms with van der Waals surface area (Å²) in [5.74, 6) is 2.62. The monoisotopic (exact) mass is 380 g/mol. The van der Waals surface area contributed by atoms with Crippen molar-refractivity contribution in [3.63, 3.8) is 0 Å². The van der Waals surface area contributed by atoms with Crippen LogP contribution in [0.4, 0.5) is 0 Å². The van der Waals surface area contributed by atoms with Gasteiger partial charge < -0.3 is 9.47 Å². The third-order valence-electron chi connectivity index (χ3n) is 5.09. The van der Waals surface area contributed by atoms with Crippen LogP contribution in [0.15, 0.2) is 72.9 Å². The van der Waals surface area contributed by atoms with Gasteiger partial charge in [0, 0.05) is 17.3 Å². The Kier molecular flexibility index (Phi) is 3.49. The number of ether oxygens (including phenoxy) is 2. The van der Waals surface area contributed by atoms with E-state index in [1.165, 1.54) is 10.8 Å². The van der Waals surface area contributed by atoms with E-state index >= 15 is 0 Å². The van der Waals surface area contributed by atoms with E-state index in [1.54, 1.807) is 10.7 Å². The van der Waals surface area contributed by atoms with E-state index in [-0.39, 0.29) is 0 Å². The molecule has 29 heavy (non-hydrogen) atoms. The van der Waals surface area contributed by atoms with Gasteiger partial charge in [0.15, 0.2) is 17.3 Å². The molecule has 3 aromatic carbocycles. The number of hydrogen-bond donors (Lipinski definition) is 0. The van der Waals surface area contributed by atoms with Gasteiger partial charge in [-0.05, 0) is 41.1 Å². The largest absolute Gasteiger partial charge is 0.486 e. The lowest BCUT2D eigenvalue weighted by atomic mass is 10.1. The fraction of sp³-hybridized carbons (Fsp3) is 0.0870. The molecule has 0 saturated carbocycles. The minimum absolute atomic E-state index is 0.544. The molecule has 0 amide bonds. The zero-order chi connectivity index (χ0) is 19.2. The van der Waals surface area contributed by atoms with Gasteiger partial charge in [-0.15, -0.1) is 5.10 Å². The minimum Gasteiger partial charge on any atom is -0.486 e. The number of nitrogens with zero attached hydrogens (tertiary/aromatic N) is 4. The molecular weight excluding hydrogens is 364 g/mol. The van der Waals surface area contributed by atoms with Crippen LogP contribution in [0, 0.1) is 0 Å². The zero-order valence-electron chi connectivity index (χ0n) is 15.4. The highest BCUT2D eigenvalue weighted by molar-refractivity contribution is 5.87. The van der Waals surface area contributed by atoms with E-state index in [1.807, 2.05) is 36.4 Å². The van der Waals surface area contributed by atoms with Gasteiger partial charge >= 0.3 is 0 Å². The van der Waals surface area contributed by atoms with Crippen LogP contribution in [0.5, 0.6) is 11.5 Å². The van der Waals surface area contributed by atoms with Gasteiger partial charge in [0.25, 0.3) is 5.78 Å². The molecule has 0 spiro atoms. The van der Waals surface area contributed by atoms with Crippen LogP contribution in [-0.4, -0.2) is 32.8 Å². The summed E-state index contributed by atoms with van der Waals surface area (Å²) in [6.45, 7) is 1.11. The Labute approximate surface area is 166 Å². The maximum atomic E-state index is 5.69. The van der Waals surface area contributed by atoms with Crippen molar-refractivity contribution in [3.05, 3.63) is 72.9 Å². The molecule has 0 unspecified atom stereocenters. The predicted molar refractivity (Wildman–Crippen MR) is 110 cm³/mol. The molecule has 0 saturated heterocycles. The van der Waals surface area contributed by atoms with E-state index in [0.29, 0.717) is 24.8 Å². The van der Waals surface area contributed by atoms with Crippen LogP contribution in [0.2, 0.25) is 0 Å². The molecule has 6 rings (SSSR count). The van der Waals surface area contributed by atoms with Crippen LogP contribution in [0.3, 0.4) is 0 Å². The highest BCUT2D eigenvalue weighted by Gasteiger charge is 2.16. The Morgan fingerprint density at radius 3 is 2.52 bits per heavy atom. The summed E-state index contributed by atoms with van der Waals surface area (Å²) in [6, 6.07) is 22.4. The Morgan fingerprint density at radius 1 is 0.759 bits per heavy atom. The van der Waals surface area contributed by atoms with Crippen LogP contribution in [0.25, 0.3) is 39.2 Å². The normalized spacial score (nSPS) is 13.1. The molecule has 140 valence electrons. The molecule has 0 fully saturated rings. The zero-order valence-corrected chi connectivity index (χ0v) is 15.4. The maximum absolute atomic E-state index is 5.69. The summed E-state index contributed by atoms with van der Waals surface area (Å²) in [7, 11) is 0. The lowest BCUT2D eigenvalue weighted by molar-refractivity contribution is 0.171. The molecule has 0 radical (unpaired) electrons. The van der Waals surface area contributed by atoms with E-state index in [9.17, 15) is 0 Å². The van der Waals surface area contributed by atoms with E-state index in [2.05, 4.69) is 40.3 Å². The van der Waals surface area contributed by atoms with E-state index in [0.717, 1.165) is 28.3 Å². The predicted octanol–water partition coefficient (Wildman–Crippen LogP) is 4.38. The molecule has 1 aliphatic heterocycles. The number of fused-ring (bicyclic) bond motifs is 3. The van der Waals surface area contributed by atoms with Crippen molar-refractivity contribution in [2.24, 2.45) is 0 Å². The average Bonchev–Trinajstić information content (AvgIpc) is 3.23. The first-order valence-electron chi connectivity index (χ1n) is 9.46. The first-order chi connectivity index (χ1) is 14.3. The number of rotatable bonds is 2. The molecule has 5 aromatic rings. The highest BCUT2D eigenvalue weighted by atomic mass is 16.6. The first-order valence-corrected chi connectivity index (χ1v) is 9.46. The van der Waals surface area contributed by atoms with Crippen molar-refractivity contribution < 1.29 is 9.47 Å². The van der Waals surface area contributed by atoms with Gasteiger partial charge in [-0.3, -0.25) is 0 Å². The Hall–Kier alpha value is -3.93. The van der Waals surface area contributed by atoms with Crippen molar-refractivity contribution in [2.75, 3.05) is 13.2 Å². The van der Waals surface area contributed by atoms with Gasteiger partial charge in [0.1, 0.15) is 13.2 Å². The second-order valence-corrected chi connectivity index (χ2v) is 6.90. The van der Waals surface area contributed by atoms with Crippen molar-refractivity contribution in [1.29, 1.82) is 0 Å². The molecule has 0 N–H and O–H groups in total. The fourth-order valence-corrected chi connectivity index (χ4v) is 3.67. The molecule has 6 heteroatoms. The summed E-state index contributed by atoms with van der Waals surface area (Å²) < 4.78 is 13.1. The molecule has 0 atom stereocenters. The number of aromatic nitrogens is 4. The minimum atomic E-state index is 0.544. The molecule has 0 aliphatic carbocycles. The van der Waals surface area contributed by atoms with Gasteiger partial charge in [0.2, 0.25) is 0 Å². The quantitative estimate of drug-likeness (QED) is 0.455. The van der Waals surface area contributed by atoms with Gasteiger partial charge in [-0.25, -0.2) is 4.98 Å². The van der Waals surface area contributed by atoms with Gasteiger partial charge in [-0.2, -0.15) is 9.50 Å². The standard InChI is InChI=1S/C23H16N4O2/c1-2-4-16-13-17(6-5-15(16)3-1)19-9-10-24-23-25-22(26-27(19)23)18-7-8-20-21(14-18)29-12-11-28-20/h1-10,13-14H,11-12H2. The first kappa shape index (κ1) is 16.1. The van der Waals surface area contributed by atoms with Gasteiger partial charge in [-0.1, -0.05) is 36.4 Å². The van der Waals surface area contributed by atoms with Crippen LogP contribution < -0.4 is 9.47 Å². The summed E-state index contributed by atoms with van der Waals surface area (Å²) >= 11 is 0. The summed E-state index contributed by atoms with van der Waals surface area (Å²) in [5.41, 5.74) is 2.87. The summed E-state index contributed by atoms with van der Waals surface area (Å²) in [5, 5.41) is 7.12. The number of hydrogen-bond acceptors (Lipinski definition) is 5. The van der Waals surface area contributed by atoms with Crippen molar-refractivity contribution in [3.8, 4) is 34.1 Å². The second kappa shape index (κ2) is 6.31. The van der Waals surface area contributed by atoms with Crippen molar-refractivity contribution in [1.82, 2.24) is 19.6 Å². The Balaban J connectivity index is 1.48. The van der Waals surface area contributed by atoms with Crippen LogP contribution in [0.1, 0.15) is 0 Å². The lowest BCUT2D eigenvalue weighted by Gasteiger charge is -2.18. The molecule has 1 aliphatic rings. The Bertz CT molecular complexity index is 1380. The van der Waals surface area contributed by atoms with E-state index < -0.39 is 0 Å². The van der Waals surface area contributed by atoms with Crippen LogP contribution in [-0.2, 0) is 0 Å². The second-order valence-electron chi connectivity index (χ2n) is 6.90. The third-order valence-corrected chi connectivity index (χ3v) is 5.09. The molecule has 6 nitrogen and oxygen atoms in total. The molecule has 2 aromatic heterocycles. The van der Waals surface area contributed by atoms with Crippen LogP contribution >= 0.6 is 0 Å². The summed E-state index contributed by atoms with van der Waals surface area (Å²) in [6.07, 6.45) is 1.77. The van der Waals surface area contributed by atoms with Crippen molar-refractivity contribution >= 4 is 16.6 Å². The highest BCUT2D eigenvalue weighted by Crippen LogP contribution is 2.34. The lowest BCUT2D eigenvalue weighted by Crippen LogP contribution is -2.15. The third kappa shape index (κ3) is 2.69. The van der Waals surface area contributed by atoms with E-state index in [4.69, 9.17) is 14.6 Å². The average molecular weight is 380 g/mol.